The van der Waals surface area contributed by atoms with Crippen LogP contribution in [0.4, 0.5) is 0 Å². The third-order valence-corrected chi connectivity index (χ3v) is 4.79. The molecule has 0 bridgehead atoms. The van der Waals surface area contributed by atoms with Gasteiger partial charge in [0.15, 0.2) is 6.61 Å². The number of amides is 1. The lowest BCUT2D eigenvalue weighted by Gasteiger charge is -2.15. The summed E-state index contributed by atoms with van der Waals surface area (Å²) in [5.41, 5.74) is 2.23. The molecule has 0 aromatic carbocycles. The Morgan fingerprint density at radius 1 is 1.23 bits per heavy atom. The van der Waals surface area contributed by atoms with E-state index in [1.165, 1.54) is 11.8 Å². The van der Waals surface area contributed by atoms with Crippen LogP contribution in [0.25, 0.3) is 5.78 Å². The number of aromatic nitrogens is 4. The first-order chi connectivity index (χ1) is 12.4. The Morgan fingerprint density at radius 3 is 2.54 bits per heavy atom. The molecule has 0 fully saturated rings. The molecule has 0 radical (unpaired) electrons. The van der Waals surface area contributed by atoms with E-state index in [4.69, 9.17) is 4.74 Å². The van der Waals surface area contributed by atoms with Crippen molar-refractivity contribution >= 4 is 29.4 Å². The minimum atomic E-state index is -0.470. The summed E-state index contributed by atoms with van der Waals surface area (Å²) in [6, 6.07) is 0.107. The van der Waals surface area contributed by atoms with Crippen LogP contribution in [0.3, 0.4) is 0 Å². The van der Waals surface area contributed by atoms with Gasteiger partial charge in [-0.25, -0.2) is 9.50 Å². The SMILES string of the molecule is CCC(CC)NC(=O)COC(=O)Cc1c(C)nc2nc(SC)nn2c1C. The number of thioether (sulfide) groups is 1. The van der Waals surface area contributed by atoms with Crippen molar-refractivity contribution in [2.24, 2.45) is 0 Å². The summed E-state index contributed by atoms with van der Waals surface area (Å²) in [6.45, 7) is 7.41. The summed E-state index contributed by atoms with van der Waals surface area (Å²) < 4.78 is 6.74. The van der Waals surface area contributed by atoms with Crippen LogP contribution in [0, 0.1) is 13.8 Å². The highest BCUT2D eigenvalue weighted by Crippen LogP contribution is 2.17. The molecule has 2 aromatic heterocycles. The Morgan fingerprint density at radius 2 is 1.92 bits per heavy atom. The topological polar surface area (TPSA) is 98.5 Å². The van der Waals surface area contributed by atoms with E-state index in [1.807, 2.05) is 34.0 Å². The molecule has 2 rings (SSSR count). The predicted molar refractivity (Wildman–Crippen MR) is 99.2 cm³/mol. The quantitative estimate of drug-likeness (QED) is 0.552. The maximum absolute atomic E-state index is 12.2. The molecule has 142 valence electrons. The number of nitrogens with zero attached hydrogens (tertiary/aromatic N) is 4. The third kappa shape index (κ3) is 4.72. The average Bonchev–Trinajstić information content (AvgIpc) is 3.04. The smallest absolute Gasteiger partial charge is 0.310 e. The number of ether oxygens (including phenoxy) is 1. The fourth-order valence-electron chi connectivity index (χ4n) is 2.64. The van der Waals surface area contributed by atoms with Crippen molar-refractivity contribution in [2.45, 2.75) is 58.2 Å². The Kier molecular flexibility index (Phi) is 6.96. The first kappa shape index (κ1) is 20.2. The number of aryl methyl sites for hydroxylation is 2. The highest BCUT2D eigenvalue weighted by molar-refractivity contribution is 7.98. The number of hydrogen-bond acceptors (Lipinski definition) is 7. The molecule has 0 spiro atoms. The van der Waals surface area contributed by atoms with Crippen molar-refractivity contribution in [3.05, 3.63) is 17.0 Å². The van der Waals surface area contributed by atoms with Gasteiger partial charge in [-0.15, -0.1) is 5.10 Å². The molecular weight excluding hydrogens is 354 g/mol. The van der Waals surface area contributed by atoms with Crippen molar-refractivity contribution in [1.82, 2.24) is 24.9 Å². The van der Waals surface area contributed by atoms with Gasteiger partial charge in [-0.05, 0) is 32.9 Å². The number of nitrogens with one attached hydrogen (secondary N) is 1. The van der Waals surface area contributed by atoms with Gasteiger partial charge in [0.25, 0.3) is 11.7 Å². The fourth-order valence-corrected chi connectivity index (χ4v) is 2.97. The molecule has 0 aliphatic carbocycles. The van der Waals surface area contributed by atoms with Crippen molar-refractivity contribution in [3.8, 4) is 0 Å². The van der Waals surface area contributed by atoms with Crippen molar-refractivity contribution < 1.29 is 14.3 Å². The number of esters is 1. The monoisotopic (exact) mass is 379 g/mol. The van der Waals surface area contributed by atoms with Gasteiger partial charge in [0.1, 0.15) is 0 Å². The summed E-state index contributed by atoms with van der Waals surface area (Å²) in [4.78, 5) is 32.7. The lowest BCUT2D eigenvalue weighted by molar-refractivity contribution is -0.148. The van der Waals surface area contributed by atoms with Crippen molar-refractivity contribution in [2.75, 3.05) is 12.9 Å². The predicted octanol–water partition coefficient (Wildman–Crippen LogP) is 1.85. The molecule has 26 heavy (non-hydrogen) atoms. The number of carbonyl (C=O) groups is 2. The molecule has 0 unspecified atom stereocenters. The second-order valence-corrected chi connectivity index (χ2v) is 6.76. The van der Waals surface area contributed by atoms with Crippen LogP contribution < -0.4 is 5.32 Å². The number of fused-ring (bicyclic) bond motifs is 1. The number of rotatable bonds is 8. The van der Waals surface area contributed by atoms with Gasteiger partial charge in [0.2, 0.25) is 5.16 Å². The van der Waals surface area contributed by atoms with Gasteiger partial charge in [0, 0.05) is 23.0 Å². The van der Waals surface area contributed by atoms with E-state index in [9.17, 15) is 9.59 Å². The van der Waals surface area contributed by atoms with Crippen LogP contribution in [0.1, 0.15) is 43.6 Å². The van der Waals surface area contributed by atoms with Gasteiger partial charge in [-0.2, -0.15) is 4.98 Å². The summed E-state index contributed by atoms with van der Waals surface area (Å²) in [6.07, 6.45) is 3.61. The maximum atomic E-state index is 12.2. The molecule has 2 heterocycles. The summed E-state index contributed by atoms with van der Waals surface area (Å²) >= 11 is 1.43. The zero-order valence-electron chi connectivity index (χ0n) is 15.8. The highest BCUT2D eigenvalue weighted by Gasteiger charge is 2.17. The van der Waals surface area contributed by atoms with Crippen LogP contribution in [0.2, 0.25) is 0 Å². The number of carbonyl (C=O) groups excluding carboxylic acids is 2. The third-order valence-electron chi connectivity index (χ3n) is 4.25. The van der Waals surface area contributed by atoms with Gasteiger partial charge < -0.3 is 10.1 Å². The lowest BCUT2D eigenvalue weighted by Crippen LogP contribution is -2.37. The van der Waals surface area contributed by atoms with Crippen LogP contribution >= 0.6 is 11.8 Å². The molecule has 0 aliphatic rings. The van der Waals surface area contributed by atoms with E-state index in [1.54, 1.807) is 4.52 Å². The maximum Gasteiger partial charge on any atom is 0.310 e. The van der Waals surface area contributed by atoms with E-state index in [0.29, 0.717) is 16.6 Å². The lowest BCUT2D eigenvalue weighted by atomic mass is 10.1. The van der Waals surface area contributed by atoms with Crippen LogP contribution in [-0.2, 0) is 20.7 Å². The normalized spacial score (nSPS) is 11.2. The van der Waals surface area contributed by atoms with Gasteiger partial charge in [0.05, 0.1) is 6.42 Å². The molecule has 1 N–H and O–H groups in total. The van der Waals surface area contributed by atoms with E-state index >= 15 is 0 Å². The zero-order chi connectivity index (χ0) is 19.3. The fraction of sp³-hybridized carbons (Fsp3) is 0.588. The van der Waals surface area contributed by atoms with Crippen LogP contribution in [0.5, 0.6) is 0 Å². The molecule has 0 atom stereocenters. The Balaban J connectivity index is 2.03. The molecule has 2 aromatic rings. The molecule has 0 saturated heterocycles. The second-order valence-electron chi connectivity index (χ2n) is 5.99. The molecule has 9 heteroatoms. The largest absolute Gasteiger partial charge is 0.455 e. The average molecular weight is 379 g/mol. The number of hydrogen-bond donors (Lipinski definition) is 1. The van der Waals surface area contributed by atoms with E-state index in [0.717, 1.165) is 24.1 Å². The van der Waals surface area contributed by atoms with Crippen LogP contribution in [-0.4, -0.2) is 50.4 Å². The summed E-state index contributed by atoms with van der Waals surface area (Å²) in [7, 11) is 0. The highest BCUT2D eigenvalue weighted by atomic mass is 32.2. The minimum Gasteiger partial charge on any atom is -0.455 e. The zero-order valence-corrected chi connectivity index (χ0v) is 16.6. The molecule has 0 saturated carbocycles. The molecule has 0 aliphatic heterocycles. The van der Waals surface area contributed by atoms with Crippen molar-refractivity contribution in [3.63, 3.8) is 0 Å². The first-order valence-corrected chi connectivity index (χ1v) is 9.83. The minimum absolute atomic E-state index is 0.0351. The van der Waals surface area contributed by atoms with E-state index < -0.39 is 5.97 Å². The Bertz CT molecular complexity index is 801. The Labute approximate surface area is 157 Å². The summed E-state index contributed by atoms with van der Waals surface area (Å²) in [5.74, 6) is -0.247. The van der Waals surface area contributed by atoms with Crippen molar-refractivity contribution in [1.29, 1.82) is 0 Å². The van der Waals surface area contributed by atoms with Gasteiger partial charge in [-0.1, -0.05) is 25.6 Å². The molecule has 8 nitrogen and oxygen atoms in total. The molecule has 1 amide bonds. The van der Waals surface area contributed by atoms with Gasteiger partial charge >= 0.3 is 5.97 Å². The first-order valence-electron chi connectivity index (χ1n) is 8.61. The molecular formula is C17H25N5O3S. The van der Waals surface area contributed by atoms with Gasteiger partial charge in [-0.3, -0.25) is 9.59 Å². The van der Waals surface area contributed by atoms with Crippen LogP contribution in [0.15, 0.2) is 5.16 Å². The summed E-state index contributed by atoms with van der Waals surface area (Å²) in [5, 5.41) is 7.82. The standard InChI is InChI=1S/C17H25N5O3S/c1-6-12(7-2)19-14(23)9-25-15(24)8-13-10(3)18-16-20-17(26-5)21-22(16)11(13)4/h12H,6-9H2,1-5H3,(H,19,23). The van der Waals surface area contributed by atoms with E-state index in [-0.39, 0.29) is 25.0 Å². The Hall–Kier alpha value is -2.16. The second kappa shape index (κ2) is 8.98. The van der Waals surface area contributed by atoms with E-state index in [2.05, 4.69) is 20.4 Å².